The van der Waals surface area contributed by atoms with Crippen molar-refractivity contribution in [2.75, 3.05) is 11.9 Å². The first-order chi connectivity index (χ1) is 16.5. The fourth-order valence-electron chi connectivity index (χ4n) is 5.16. The average molecular weight is 457 g/mol. The van der Waals surface area contributed by atoms with Gasteiger partial charge in [0.05, 0.1) is 5.69 Å². The zero-order valence-electron chi connectivity index (χ0n) is 20.0. The van der Waals surface area contributed by atoms with Crippen LogP contribution < -0.4 is 10.9 Å². The van der Waals surface area contributed by atoms with Gasteiger partial charge in [0.15, 0.2) is 0 Å². The van der Waals surface area contributed by atoms with Crippen molar-refractivity contribution >= 4 is 11.6 Å². The number of aromatic nitrogens is 2. The number of aryl methyl sites for hydroxylation is 2. The highest BCUT2D eigenvalue weighted by Gasteiger charge is 2.25. The normalized spacial score (nSPS) is 15.3. The summed E-state index contributed by atoms with van der Waals surface area (Å²) in [6.07, 6.45) is 3.99. The van der Waals surface area contributed by atoms with E-state index in [0.717, 1.165) is 42.9 Å². The van der Waals surface area contributed by atoms with Crippen molar-refractivity contribution in [1.29, 1.82) is 0 Å². The van der Waals surface area contributed by atoms with Gasteiger partial charge in [-0.05, 0) is 54.5 Å². The molecule has 3 aromatic rings. The van der Waals surface area contributed by atoms with Crippen LogP contribution in [-0.4, -0.2) is 26.9 Å². The van der Waals surface area contributed by atoms with Crippen LogP contribution in [0, 0.1) is 0 Å². The minimum atomic E-state index is -0.190. The minimum Gasteiger partial charge on any atom is -0.325 e. The maximum atomic E-state index is 13.5. The van der Waals surface area contributed by atoms with Crippen LogP contribution in [-0.2, 0) is 43.7 Å². The number of carbonyl (C=O) groups is 1. The van der Waals surface area contributed by atoms with E-state index in [1.54, 1.807) is 4.57 Å². The average Bonchev–Trinajstić information content (AvgIpc) is 3.29. The molecule has 2 heterocycles. The largest absolute Gasteiger partial charge is 0.325 e. The van der Waals surface area contributed by atoms with E-state index in [-0.39, 0.29) is 23.9 Å². The first-order valence-corrected chi connectivity index (χ1v) is 12.3. The number of rotatable bonds is 6. The number of amides is 1. The first kappa shape index (κ1) is 22.5. The monoisotopic (exact) mass is 456 g/mol. The second-order valence-electron chi connectivity index (χ2n) is 9.77. The molecule has 6 nitrogen and oxygen atoms in total. The van der Waals surface area contributed by atoms with Gasteiger partial charge in [0.1, 0.15) is 12.4 Å². The molecule has 0 unspecified atom stereocenters. The molecule has 34 heavy (non-hydrogen) atoms. The molecule has 2 aromatic carbocycles. The Morgan fingerprint density at radius 1 is 1.06 bits per heavy atom. The molecule has 2 aliphatic rings. The molecule has 1 aliphatic carbocycles. The summed E-state index contributed by atoms with van der Waals surface area (Å²) in [6.45, 7) is 6.33. The molecule has 6 heteroatoms. The molecule has 0 spiro atoms. The predicted molar refractivity (Wildman–Crippen MR) is 134 cm³/mol. The van der Waals surface area contributed by atoms with E-state index in [0.29, 0.717) is 18.8 Å². The zero-order valence-corrected chi connectivity index (χ0v) is 20.0. The Kier molecular flexibility index (Phi) is 6.33. The molecule has 0 radical (unpaired) electrons. The number of nitrogens with one attached hydrogen (secondary N) is 1. The number of nitrogens with zero attached hydrogens (tertiary/aromatic N) is 3. The number of hydrogen-bond donors (Lipinski definition) is 1. The lowest BCUT2D eigenvalue weighted by molar-refractivity contribution is -0.116. The third-order valence-electron chi connectivity index (χ3n) is 6.88. The summed E-state index contributed by atoms with van der Waals surface area (Å²) in [4.78, 5) is 33.6. The van der Waals surface area contributed by atoms with Gasteiger partial charge in [-0.25, -0.2) is 4.98 Å². The van der Waals surface area contributed by atoms with Gasteiger partial charge in [-0.15, -0.1) is 0 Å². The van der Waals surface area contributed by atoms with E-state index in [1.165, 1.54) is 23.1 Å². The van der Waals surface area contributed by atoms with Crippen molar-refractivity contribution in [3.8, 4) is 0 Å². The van der Waals surface area contributed by atoms with Crippen LogP contribution in [0.25, 0.3) is 0 Å². The molecule has 1 amide bonds. The van der Waals surface area contributed by atoms with Crippen molar-refractivity contribution in [2.45, 2.75) is 65.1 Å². The Labute approximate surface area is 200 Å². The lowest BCUT2D eigenvalue weighted by atomic mass is 10.0. The Hall–Kier alpha value is -3.25. The number of fused-ring (bicyclic) bond motifs is 2. The van der Waals surface area contributed by atoms with Gasteiger partial charge in [0, 0.05) is 36.8 Å². The van der Waals surface area contributed by atoms with Gasteiger partial charge in [0.2, 0.25) is 5.91 Å². The Morgan fingerprint density at radius 3 is 2.65 bits per heavy atom. The van der Waals surface area contributed by atoms with Crippen molar-refractivity contribution in [3.63, 3.8) is 0 Å². The van der Waals surface area contributed by atoms with E-state index in [4.69, 9.17) is 4.98 Å². The molecule has 5 rings (SSSR count). The maximum absolute atomic E-state index is 13.5. The summed E-state index contributed by atoms with van der Waals surface area (Å²) in [5.74, 6) is 0.523. The Morgan fingerprint density at radius 2 is 1.85 bits per heavy atom. The van der Waals surface area contributed by atoms with E-state index in [2.05, 4.69) is 46.6 Å². The fraction of sp³-hybridized carbons (Fsp3) is 0.393. The van der Waals surface area contributed by atoms with Gasteiger partial charge in [-0.3, -0.25) is 19.1 Å². The molecule has 1 aliphatic heterocycles. The van der Waals surface area contributed by atoms with Crippen LogP contribution in [0.3, 0.4) is 0 Å². The third-order valence-corrected chi connectivity index (χ3v) is 6.88. The van der Waals surface area contributed by atoms with E-state index < -0.39 is 0 Å². The summed E-state index contributed by atoms with van der Waals surface area (Å²) in [6, 6.07) is 16.5. The smallest absolute Gasteiger partial charge is 0.257 e. The second kappa shape index (κ2) is 9.55. The summed E-state index contributed by atoms with van der Waals surface area (Å²) >= 11 is 0. The Bertz CT molecular complexity index is 1260. The predicted octanol–water partition coefficient (Wildman–Crippen LogP) is 4.05. The molecule has 0 saturated heterocycles. The molecule has 176 valence electrons. The van der Waals surface area contributed by atoms with E-state index >= 15 is 0 Å². The zero-order chi connectivity index (χ0) is 23.7. The quantitative estimate of drug-likeness (QED) is 0.608. The van der Waals surface area contributed by atoms with Crippen LogP contribution in [0.15, 0.2) is 53.3 Å². The van der Waals surface area contributed by atoms with Gasteiger partial charge in [-0.2, -0.15) is 0 Å². The van der Waals surface area contributed by atoms with Gasteiger partial charge in [-0.1, -0.05) is 50.2 Å². The highest BCUT2D eigenvalue weighted by Crippen LogP contribution is 2.25. The number of benzene rings is 2. The second-order valence-corrected chi connectivity index (χ2v) is 9.77. The van der Waals surface area contributed by atoms with Gasteiger partial charge < -0.3 is 5.32 Å². The number of hydrogen-bond acceptors (Lipinski definition) is 4. The first-order valence-electron chi connectivity index (χ1n) is 12.3. The molecule has 0 saturated carbocycles. The lowest BCUT2D eigenvalue weighted by Gasteiger charge is -2.29. The standard InChI is InChI=1S/C28H32N4O2/c1-19(2)27-30-25-17-31(16-20-7-4-3-5-8-20)14-13-24(25)28(34)32(27)18-26(33)29-23-12-11-21-9-6-10-22(21)15-23/h3-5,7-8,11-12,15,19H,6,9-10,13-14,16-18H2,1-2H3,(H,29,33). The van der Waals surface area contributed by atoms with E-state index in [1.807, 2.05) is 26.0 Å². The van der Waals surface area contributed by atoms with E-state index in [9.17, 15) is 9.59 Å². The van der Waals surface area contributed by atoms with Crippen LogP contribution >= 0.6 is 0 Å². The highest BCUT2D eigenvalue weighted by molar-refractivity contribution is 5.90. The third kappa shape index (κ3) is 4.68. The fourth-order valence-corrected chi connectivity index (χ4v) is 5.16. The molecule has 1 N–H and O–H groups in total. The maximum Gasteiger partial charge on any atom is 0.257 e. The molecule has 1 aromatic heterocycles. The van der Waals surface area contributed by atoms with Crippen molar-refractivity contribution in [1.82, 2.24) is 14.5 Å². The topological polar surface area (TPSA) is 67.2 Å². The van der Waals surface area contributed by atoms with Crippen LogP contribution in [0.4, 0.5) is 5.69 Å². The Balaban J connectivity index is 1.36. The summed E-state index contributed by atoms with van der Waals surface area (Å²) in [5, 5.41) is 2.99. The van der Waals surface area contributed by atoms with Crippen molar-refractivity contribution in [3.05, 3.63) is 92.7 Å². The van der Waals surface area contributed by atoms with Gasteiger partial charge in [0.25, 0.3) is 5.56 Å². The summed E-state index contributed by atoms with van der Waals surface area (Å²) in [5.41, 5.74) is 6.27. The molecule has 0 fully saturated rings. The van der Waals surface area contributed by atoms with Crippen molar-refractivity contribution < 1.29 is 4.79 Å². The molecule has 0 atom stereocenters. The van der Waals surface area contributed by atoms with Crippen LogP contribution in [0.1, 0.15) is 60.0 Å². The highest BCUT2D eigenvalue weighted by atomic mass is 16.2. The number of carbonyl (C=O) groups excluding carboxylic acids is 1. The molecular weight excluding hydrogens is 424 g/mol. The van der Waals surface area contributed by atoms with Crippen LogP contribution in [0.2, 0.25) is 0 Å². The number of anilines is 1. The molecular formula is C28H32N4O2. The lowest BCUT2D eigenvalue weighted by Crippen LogP contribution is -2.40. The summed E-state index contributed by atoms with van der Waals surface area (Å²) in [7, 11) is 0. The van der Waals surface area contributed by atoms with Crippen LogP contribution in [0.5, 0.6) is 0 Å². The minimum absolute atomic E-state index is 0.0164. The molecule has 0 bridgehead atoms. The van der Waals surface area contributed by atoms with Crippen molar-refractivity contribution in [2.24, 2.45) is 0 Å². The SMILES string of the molecule is CC(C)c1nc2c(c(=O)n1CC(=O)Nc1ccc3c(c1)CCC3)CCN(Cc1ccccc1)C2. The summed E-state index contributed by atoms with van der Waals surface area (Å²) < 4.78 is 1.58. The van der Waals surface area contributed by atoms with Gasteiger partial charge >= 0.3 is 0 Å².